The molecule has 1 saturated carbocycles. The first kappa shape index (κ1) is 8.73. The largest absolute Gasteiger partial charge is 0.394 e. The molecular formula is C11H15NO. The fourth-order valence-corrected chi connectivity index (χ4v) is 1.71. The van der Waals surface area contributed by atoms with E-state index >= 15 is 0 Å². The molecule has 13 heavy (non-hydrogen) atoms. The lowest BCUT2D eigenvalue weighted by Gasteiger charge is -2.13. The third kappa shape index (κ3) is 1.74. The molecule has 70 valence electrons. The van der Waals surface area contributed by atoms with Gasteiger partial charge in [-0.3, -0.25) is 0 Å². The van der Waals surface area contributed by atoms with Crippen LogP contribution in [-0.2, 0) is 0 Å². The molecule has 0 bridgehead atoms. The van der Waals surface area contributed by atoms with Crippen LogP contribution in [0.5, 0.6) is 0 Å². The molecule has 1 fully saturated rings. The molecule has 0 aliphatic heterocycles. The van der Waals surface area contributed by atoms with Gasteiger partial charge >= 0.3 is 0 Å². The van der Waals surface area contributed by atoms with Crippen molar-refractivity contribution >= 4 is 0 Å². The second-order valence-electron chi connectivity index (χ2n) is 3.69. The maximum Gasteiger partial charge on any atom is 0.0624 e. The van der Waals surface area contributed by atoms with Gasteiger partial charge in [0.15, 0.2) is 0 Å². The lowest BCUT2D eigenvalue weighted by molar-refractivity contribution is 0.267. The molecule has 3 N–H and O–H groups in total. The fraction of sp³-hybridized carbons (Fsp3) is 0.455. The molecule has 0 amide bonds. The second kappa shape index (κ2) is 3.48. The molecule has 0 aromatic heterocycles. The molecule has 1 aromatic rings. The van der Waals surface area contributed by atoms with Crippen LogP contribution < -0.4 is 5.73 Å². The van der Waals surface area contributed by atoms with Crippen molar-refractivity contribution < 1.29 is 5.11 Å². The number of benzene rings is 1. The summed E-state index contributed by atoms with van der Waals surface area (Å²) in [7, 11) is 0. The minimum atomic E-state index is -0.211. The van der Waals surface area contributed by atoms with Gasteiger partial charge in [-0.15, -0.1) is 0 Å². The molecule has 1 aromatic carbocycles. The summed E-state index contributed by atoms with van der Waals surface area (Å²) in [5.41, 5.74) is 8.27. The smallest absolute Gasteiger partial charge is 0.0624 e. The fourth-order valence-electron chi connectivity index (χ4n) is 1.71. The van der Waals surface area contributed by atoms with E-state index in [1.807, 2.05) is 18.2 Å². The Balaban J connectivity index is 2.31. The first-order chi connectivity index (χ1) is 6.33. The maximum atomic E-state index is 8.99. The van der Waals surface area contributed by atoms with Gasteiger partial charge in [0, 0.05) is 0 Å². The Kier molecular flexibility index (Phi) is 2.34. The van der Waals surface area contributed by atoms with Gasteiger partial charge in [0.1, 0.15) is 0 Å². The van der Waals surface area contributed by atoms with E-state index < -0.39 is 0 Å². The zero-order chi connectivity index (χ0) is 9.26. The predicted octanol–water partition coefficient (Wildman–Crippen LogP) is 1.56. The highest BCUT2D eigenvalue weighted by molar-refractivity contribution is 5.35. The summed E-state index contributed by atoms with van der Waals surface area (Å²) < 4.78 is 0. The molecule has 1 aliphatic rings. The van der Waals surface area contributed by atoms with E-state index in [9.17, 15) is 0 Å². The van der Waals surface area contributed by atoms with Gasteiger partial charge in [-0.1, -0.05) is 24.3 Å². The first-order valence-electron chi connectivity index (χ1n) is 4.78. The Labute approximate surface area is 78.4 Å². The van der Waals surface area contributed by atoms with Gasteiger partial charge in [0.05, 0.1) is 12.6 Å². The zero-order valence-corrected chi connectivity index (χ0v) is 7.61. The van der Waals surface area contributed by atoms with Crippen molar-refractivity contribution in [1.82, 2.24) is 0 Å². The van der Waals surface area contributed by atoms with Gasteiger partial charge in [-0.2, -0.15) is 0 Å². The average Bonchev–Trinajstić information content (AvgIpc) is 3.00. The van der Waals surface area contributed by atoms with Gasteiger partial charge < -0.3 is 10.8 Å². The molecule has 2 nitrogen and oxygen atoms in total. The van der Waals surface area contributed by atoms with E-state index in [2.05, 4.69) is 6.07 Å². The SMILES string of the molecule is N[C@@H](CO)c1ccccc1C1CC1. The van der Waals surface area contributed by atoms with Crippen LogP contribution in [0, 0.1) is 0 Å². The molecular weight excluding hydrogens is 162 g/mol. The summed E-state index contributed by atoms with van der Waals surface area (Å²) >= 11 is 0. The number of hydrogen-bond donors (Lipinski definition) is 2. The van der Waals surface area contributed by atoms with E-state index in [0.29, 0.717) is 5.92 Å². The molecule has 0 saturated heterocycles. The topological polar surface area (TPSA) is 46.2 Å². The van der Waals surface area contributed by atoms with Crippen LogP contribution in [0.4, 0.5) is 0 Å². The lowest BCUT2D eigenvalue weighted by atomic mass is 9.98. The Bertz CT molecular complexity index is 294. The monoisotopic (exact) mass is 177 g/mol. The molecule has 2 heteroatoms. The standard InChI is InChI=1S/C11H15NO/c12-11(7-13)10-4-2-1-3-9(10)8-5-6-8/h1-4,8,11,13H,5-7,12H2/t11-/m0/s1. The van der Waals surface area contributed by atoms with Gasteiger partial charge in [0.2, 0.25) is 0 Å². The Morgan fingerprint density at radius 3 is 2.69 bits per heavy atom. The predicted molar refractivity (Wildman–Crippen MR) is 52.4 cm³/mol. The van der Waals surface area contributed by atoms with Crippen molar-refractivity contribution in [3.05, 3.63) is 35.4 Å². The Hall–Kier alpha value is -0.860. The minimum absolute atomic E-state index is 0.0315. The number of aliphatic hydroxyl groups is 1. The maximum absolute atomic E-state index is 8.99. The quantitative estimate of drug-likeness (QED) is 0.736. The summed E-state index contributed by atoms with van der Waals surface area (Å²) in [5.74, 6) is 0.703. The van der Waals surface area contributed by atoms with Crippen LogP contribution in [0.25, 0.3) is 0 Å². The van der Waals surface area contributed by atoms with Gasteiger partial charge in [-0.05, 0) is 29.9 Å². The highest BCUT2D eigenvalue weighted by Gasteiger charge is 2.26. The van der Waals surface area contributed by atoms with Crippen molar-refractivity contribution in [1.29, 1.82) is 0 Å². The summed E-state index contributed by atoms with van der Waals surface area (Å²) in [4.78, 5) is 0. The molecule has 0 unspecified atom stereocenters. The summed E-state index contributed by atoms with van der Waals surface area (Å²) in [6.45, 7) is 0.0315. The van der Waals surface area contributed by atoms with E-state index in [1.165, 1.54) is 18.4 Å². The van der Waals surface area contributed by atoms with Crippen LogP contribution in [0.2, 0.25) is 0 Å². The van der Waals surface area contributed by atoms with E-state index in [0.717, 1.165) is 5.56 Å². The first-order valence-corrected chi connectivity index (χ1v) is 4.78. The molecule has 0 spiro atoms. The summed E-state index contributed by atoms with van der Waals surface area (Å²) in [5, 5.41) is 8.99. The van der Waals surface area contributed by atoms with Crippen molar-refractivity contribution in [3.8, 4) is 0 Å². The normalized spacial score (nSPS) is 18.6. The summed E-state index contributed by atoms with van der Waals surface area (Å²) in [6, 6.07) is 7.96. The minimum Gasteiger partial charge on any atom is -0.394 e. The number of hydrogen-bond acceptors (Lipinski definition) is 2. The van der Waals surface area contributed by atoms with Gasteiger partial charge in [0.25, 0.3) is 0 Å². The molecule has 1 atom stereocenters. The van der Waals surface area contributed by atoms with E-state index in [4.69, 9.17) is 10.8 Å². The van der Waals surface area contributed by atoms with Crippen LogP contribution in [0.3, 0.4) is 0 Å². The van der Waals surface area contributed by atoms with Crippen molar-refractivity contribution in [2.24, 2.45) is 5.73 Å². The van der Waals surface area contributed by atoms with Crippen molar-refractivity contribution in [2.45, 2.75) is 24.8 Å². The lowest BCUT2D eigenvalue weighted by Crippen LogP contribution is -2.16. The van der Waals surface area contributed by atoms with Crippen LogP contribution in [0.1, 0.15) is 35.9 Å². The molecule has 0 heterocycles. The van der Waals surface area contributed by atoms with Crippen LogP contribution in [0.15, 0.2) is 24.3 Å². The van der Waals surface area contributed by atoms with Crippen molar-refractivity contribution in [2.75, 3.05) is 6.61 Å². The highest BCUT2D eigenvalue weighted by Crippen LogP contribution is 2.42. The Morgan fingerprint density at radius 1 is 1.38 bits per heavy atom. The summed E-state index contributed by atoms with van der Waals surface area (Å²) in [6.07, 6.45) is 2.55. The molecule has 0 radical (unpaired) electrons. The third-order valence-corrected chi connectivity index (χ3v) is 2.61. The highest BCUT2D eigenvalue weighted by atomic mass is 16.3. The van der Waals surface area contributed by atoms with E-state index in [-0.39, 0.29) is 12.6 Å². The van der Waals surface area contributed by atoms with Crippen LogP contribution in [-0.4, -0.2) is 11.7 Å². The van der Waals surface area contributed by atoms with Crippen molar-refractivity contribution in [3.63, 3.8) is 0 Å². The van der Waals surface area contributed by atoms with E-state index in [1.54, 1.807) is 0 Å². The number of rotatable bonds is 3. The molecule has 1 aliphatic carbocycles. The zero-order valence-electron chi connectivity index (χ0n) is 7.61. The average molecular weight is 177 g/mol. The van der Waals surface area contributed by atoms with Crippen LogP contribution >= 0.6 is 0 Å². The molecule has 2 rings (SSSR count). The second-order valence-corrected chi connectivity index (χ2v) is 3.69. The van der Waals surface area contributed by atoms with Gasteiger partial charge in [-0.25, -0.2) is 0 Å². The number of aliphatic hydroxyl groups excluding tert-OH is 1. The Morgan fingerprint density at radius 2 is 2.08 bits per heavy atom. The number of nitrogens with two attached hydrogens (primary N) is 1. The third-order valence-electron chi connectivity index (χ3n) is 2.61.